The molecule has 2 unspecified atom stereocenters. The summed E-state index contributed by atoms with van der Waals surface area (Å²) in [5, 5.41) is 3.50. The zero-order valence-electron chi connectivity index (χ0n) is 15.2. The van der Waals surface area contributed by atoms with Crippen LogP contribution < -0.4 is 5.32 Å². The number of dihydropyridines is 1. The van der Waals surface area contributed by atoms with E-state index < -0.39 is 0 Å². The molecule has 0 aromatic heterocycles. The lowest BCUT2D eigenvalue weighted by atomic mass is 9.74. The SMILES string of the molecule is C=CCC1CC2=C(C3=C(OC)NCC4=C3C(=CC2)C=CC4)C(OC)C1. The molecule has 1 aliphatic heterocycles. The predicted octanol–water partition coefficient (Wildman–Crippen LogP) is 4.33. The summed E-state index contributed by atoms with van der Waals surface area (Å²) < 4.78 is 11.8. The van der Waals surface area contributed by atoms with E-state index in [1.165, 1.54) is 33.4 Å². The molecule has 1 N–H and O–H groups in total. The van der Waals surface area contributed by atoms with Gasteiger partial charge in [-0.15, -0.1) is 6.58 Å². The maximum Gasteiger partial charge on any atom is 0.195 e. The van der Waals surface area contributed by atoms with Crippen molar-refractivity contribution in [2.24, 2.45) is 5.92 Å². The van der Waals surface area contributed by atoms with Crippen LogP contribution in [0.1, 0.15) is 32.1 Å². The van der Waals surface area contributed by atoms with Crippen LogP contribution in [0.15, 0.2) is 70.2 Å². The Labute approximate surface area is 150 Å². The Morgan fingerprint density at radius 1 is 1.24 bits per heavy atom. The Balaban J connectivity index is 1.89. The van der Waals surface area contributed by atoms with E-state index in [0.717, 1.165) is 44.5 Å². The molecule has 4 rings (SSSR count). The molecule has 4 aliphatic rings. The fourth-order valence-corrected chi connectivity index (χ4v) is 4.77. The molecular formula is C22H27NO2. The van der Waals surface area contributed by atoms with Gasteiger partial charge in [-0.1, -0.05) is 29.9 Å². The third kappa shape index (κ3) is 2.71. The second-order valence-electron chi connectivity index (χ2n) is 7.28. The van der Waals surface area contributed by atoms with E-state index in [9.17, 15) is 0 Å². The molecular weight excluding hydrogens is 310 g/mol. The molecule has 3 nitrogen and oxygen atoms in total. The second kappa shape index (κ2) is 6.72. The summed E-state index contributed by atoms with van der Waals surface area (Å²) in [6.45, 7) is 4.80. The van der Waals surface area contributed by atoms with Gasteiger partial charge < -0.3 is 14.8 Å². The highest BCUT2D eigenvalue weighted by molar-refractivity contribution is 5.68. The number of ether oxygens (including phenoxy) is 2. The molecule has 0 fully saturated rings. The topological polar surface area (TPSA) is 30.5 Å². The van der Waals surface area contributed by atoms with Gasteiger partial charge >= 0.3 is 0 Å². The fraction of sp³-hybridized carbons (Fsp3) is 0.455. The minimum absolute atomic E-state index is 0.126. The van der Waals surface area contributed by atoms with E-state index >= 15 is 0 Å². The smallest absolute Gasteiger partial charge is 0.195 e. The molecule has 3 heteroatoms. The number of allylic oxidation sites excluding steroid dienone is 7. The maximum atomic E-state index is 5.98. The Bertz CT molecular complexity index is 748. The van der Waals surface area contributed by atoms with Crippen LogP contribution in [-0.2, 0) is 9.47 Å². The molecule has 0 aromatic carbocycles. The van der Waals surface area contributed by atoms with Crippen molar-refractivity contribution in [3.8, 4) is 0 Å². The van der Waals surface area contributed by atoms with Crippen molar-refractivity contribution in [1.29, 1.82) is 0 Å². The van der Waals surface area contributed by atoms with E-state index in [1.807, 2.05) is 13.2 Å². The first kappa shape index (κ1) is 16.5. The minimum Gasteiger partial charge on any atom is -0.482 e. The predicted molar refractivity (Wildman–Crippen MR) is 101 cm³/mol. The molecule has 2 atom stereocenters. The normalized spacial score (nSPS) is 28.0. The van der Waals surface area contributed by atoms with Gasteiger partial charge in [0.05, 0.1) is 13.2 Å². The molecule has 0 spiro atoms. The molecule has 132 valence electrons. The zero-order valence-corrected chi connectivity index (χ0v) is 15.2. The first-order valence-corrected chi connectivity index (χ1v) is 9.24. The average Bonchev–Trinajstić information content (AvgIpc) is 2.81. The maximum absolute atomic E-state index is 5.98. The van der Waals surface area contributed by atoms with Crippen LogP contribution >= 0.6 is 0 Å². The van der Waals surface area contributed by atoms with Gasteiger partial charge in [0.1, 0.15) is 0 Å². The zero-order chi connectivity index (χ0) is 17.4. The van der Waals surface area contributed by atoms with Crippen molar-refractivity contribution in [2.45, 2.75) is 38.2 Å². The van der Waals surface area contributed by atoms with Gasteiger partial charge in [-0.2, -0.15) is 0 Å². The average molecular weight is 337 g/mol. The van der Waals surface area contributed by atoms with Gasteiger partial charge in [-0.05, 0) is 60.3 Å². The lowest BCUT2D eigenvalue weighted by Gasteiger charge is -2.36. The van der Waals surface area contributed by atoms with E-state index in [1.54, 1.807) is 7.11 Å². The number of nitrogens with one attached hydrogen (secondary N) is 1. The Hall–Kier alpha value is -2.00. The Kier molecular flexibility index (Phi) is 4.43. The molecule has 0 saturated heterocycles. The number of fused-ring (bicyclic) bond motifs is 1. The molecule has 0 bridgehead atoms. The van der Waals surface area contributed by atoms with E-state index in [0.29, 0.717) is 5.92 Å². The molecule has 1 heterocycles. The summed E-state index contributed by atoms with van der Waals surface area (Å²) in [5.41, 5.74) is 8.29. The van der Waals surface area contributed by atoms with Crippen LogP contribution in [0.3, 0.4) is 0 Å². The Morgan fingerprint density at radius 2 is 2.12 bits per heavy atom. The van der Waals surface area contributed by atoms with Crippen LogP contribution in [0.4, 0.5) is 0 Å². The lowest BCUT2D eigenvalue weighted by molar-refractivity contribution is 0.100. The van der Waals surface area contributed by atoms with Crippen molar-refractivity contribution in [3.63, 3.8) is 0 Å². The Morgan fingerprint density at radius 3 is 2.88 bits per heavy atom. The van der Waals surface area contributed by atoms with Gasteiger partial charge in [0.25, 0.3) is 0 Å². The lowest BCUT2D eigenvalue weighted by Crippen LogP contribution is -2.32. The summed E-state index contributed by atoms with van der Waals surface area (Å²) in [6.07, 6.45) is 14.4. The van der Waals surface area contributed by atoms with Crippen molar-refractivity contribution in [3.05, 3.63) is 70.2 Å². The molecule has 0 saturated carbocycles. The molecule has 3 aliphatic carbocycles. The fourth-order valence-electron chi connectivity index (χ4n) is 4.77. The summed E-state index contributed by atoms with van der Waals surface area (Å²) in [6, 6.07) is 0. The quantitative estimate of drug-likeness (QED) is 0.775. The first-order chi connectivity index (χ1) is 12.3. The third-order valence-corrected chi connectivity index (χ3v) is 5.85. The van der Waals surface area contributed by atoms with Gasteiger partial charge in [0.15, 0.2) is 5.88 Å². The van der Waals surface area contributed by atoms with E-state index in [2.05, 4.69) is 30.1 Å². The van der Waals surface area contributed by atoms with E-state index in [4.69, 9.17) is 9.47 Å². The van der Waals surface area contributed by atoms with Gasteiger partial charge in [-0.3, -0.25) is 0 Å². The van der Waals surface area contributed by atoms with Gasteiger partial charge in [0, 0.05) is 19.2 Å². The van der Waals surface area contributed by atoms with Crippen molar-refractivity contribution in [1.82, 2.24) is 5.32 Å². The standard InChI is InChI=1S/C22H27NO2/c1-4-6-14-11-16-10-9-15-7-5-8-17-13-23-22(25-3)21(19(15)17)20(16)18(12-14)24-2/h4-5,7,9,14,18,23H,1,6,8,10-13H2,2-3H3. The van der Waals surface area contributed by atoms with E-state index in [-0.39, 0.29) is 6.10 Å². The van der Waals surface area contributed by atoms with Gasteiger partial charge in [0.2, 0.25) is 0 Å². The van der Waals surface area contributed by atoms with Gasteiger partial charge in [-0.25, -0.2) is 0 Å². The van der Waals surface area contributed by atoms with Crippen LogP contribution in [0.2, 0.25) is 0 Å². The van der Waals surface area contributed by atoms with Crippen molar-refractivity contribution in [2.75, 3.05) is 20.8 Å². The largest absolute Gasteiger partial charge is 0.482 e. The number of hydrogen-bond donors (Lipinski definition) is 1. The van der Waals surface area contributed by atoms with Crippen LogP contribution in [-0.4, -0.2) is 26.9 Å². The van der Waals surface area contributed by atoms with Crippen molar-refractivity contribution >= 4 is 0 Å². The second-order valence-corrected chi connectivity index (χ2v) is 7.28. The summed E-state index contributed by atoms with van der Waals surface area (Å²) in [7, 11) is 3.60. The monoisotopic (exact) mass is 337 g/mol. The highest BCUT2D eigenvalue weighted by Gasteiger charge is 2.37. The number of hydrogen-bond acceptors (Lipinski definition) is 3. The van der Waals surface area contributed by atoms with Crippen LogP contribution in [0.5, 0.6) is 0 Å². The summed E-state index contributed by atoms with van der Waals surface area (Å²) in [4.78, 5) is 0. The minimum atomic E-state index is 0.126. The molecule has 0 aromatic rings. The number of methoxy groups -OCH3 is 2. The molecule has 0 amide bonds. The summed E-state index contributed by atoms with van der Waals surface area (Å²) in [5.74, 6) is 1.52. The van der Waals surface area contributed by atoms with Crippen LogP contribution in [0.25, 0.3) is 0 Å². The number of rotatable bonds is 4. The molecule has 0 radical (unpaired) electrons. The van der Waals surface area contributed by atoms with Crippen molar-refractivity contribution < 1.29 is 9.47 Å². The summed E-state index contributed by atoms with van der Waals surface area (Å²) >= 11 is 0. The molecule has 25 heavy (non-hydrogen) atoms. The highest BCUT2D eigenvalue weighted by atomic mass is 16.5. The highest BCUT2D eigenvalue weighted by Crippen LogP contribution is 2.47. The van der Waals surface area contributed by atoms with Crippen LogP contribution in [0, 0.1) is 5.92 Å². The first-order valence-electron chi connectivity index (χ1n) is 9.24. The third-order valence-electron chi connectivity index (χ3n) is 5.85.